The number of halogens is 6. The van der Waals surface area contributed by atoms with Crippen molar-refractivity contribution in [2.45, 2.75) is 38.3 Å². The van der Waals surface area contributed by atoms with E-state index in [9.17, 15) is 40.7 Å². The number of aromatic nitrogens is 1. The third-order valence-electron chi connectivity index (χ3n) is 10.2. The predicted molar refractivity (Wildman–Crippen MR) is 216 cm³/mol. The number of amides is 3. The van der Waals surface area contributed by atoms with E-state index in [2.05, 4.69) is 20.5 Å². The Balaban J connectivity index is 0.857. The summed E-state index contributed by atoms with van der Waals surface area (Å²) in [5.41, 5.74) is -0.204. The number of pyridine rings is 1. The number of hydrogen-bond donors (Lipinski definition) is 2. The van der Waals surface area contributed by atoms with E-state index in [1.807, 2.05) is 18.2 Å². The van der Waals surface area contributed by atoms with Gasteiger partial charge in [0.05, 0.1) is 23.0 Å². The van der Waals surface area contributed by atoms with Crippen molar-refractivity contribution < 1.29 is 54.9 Å². The number of piperazine rings is 1. The van der Waals surface area contributed by atoms with Gasteiger partial charge in [-0.1, -0.05) is 18.2 Å². The molecule has 12 nitrogen and oxygen atoms in total. The summed E-state index contributed by atoms with van der Waals surface area (Å²) in [7, 11) is 1.34. The van der Waals surface area contributed by atoms with E-state index in [0.29, 0.717) is 43.2 Å². The molecule has 1 fully saturated rings. The Morgan fingerprint density at radius 1 is 0.742 bits per heavy atom. The smallest absolute Gasteiger partial charge is 0.418 e. The van der Waals surface area contributed by atoms with Crippen LogP contribution in [0.2, 0.25) is 0 Å². The van der Waals surface area contributed by atoms with Crippen LogP contribution in [-0.2, 0) is 35.0 Å². The Bertz CT molecular complexity index is 2390. The van der Waals surface area contributed by atoms with Gasteiger partial charge in [0.2, 0.25) is 24.5 Å². The summed E-state index contributed by atoms with van der Waals surface area (Å²) in [5.74, 6) is 0.894. The highest BCUT2D eigenvalue weighted by Crippen LogP contribution is 2.38. The molecule has 62 heavy (non-hydrogen) atoms. The molecule has 1 aromatic heterocycles. The highest BCUT2D eigenvalue weighted by atomic mass is 19.4. The van der Waals surface area contributed by atoms with E-state index >= 15 is 0 Å². The first-order chi connectivity index (χ1) is 29.6. The highest BCUT2D eigenvalue weighted by Gasteiger charge is 2.35. The molecule has 4 aromatic carbocycles. The van der Waals surface area contributed by atoms with Crippen LogP contribution >= 0.6 is 0 Å². The van der Waals surface area contributed by atoms with Gasteiger partial charge >= 0.3 is 12.4 Å². The van der Waals surface area contributed by atoms with Crippen molar-refractivity contribution in [2.75, 3.05) is 55.6 Å². The van der Waals surface area contributed by atoms with Gasteiger partial charge in [0.15, 0.2) is 11.5 Å². The van der Waals surface area contributed by atoms with E-state index in [-0.39, 0.29) is 60.8 Å². The normalized spacial score (nSPS) is 14.0. The number of fused-ring (bicyclic) bond motifs is 1. The molecule has 0 unspecified atom stereocenters. The van der Waals surface area contributed by atoms with Crippen LogP contribution < -0.4 is 29.7 Å². The summed E-state index contributed by atoms with van der Waals surface area (Å²) in [6.07, 6.45) is -7.94. The van der Waals surface area contributed by atoms with Crippen LogP contribution in [0.5, 0.6) is 23.1 Å². The average molecular weight is 863 g/mol. The lowest BCUT2D eigenvalue weighted by atomic mass is 10.1. The maximum absolute atomic E-state index is 13.9. The van der Waals surface area contributed by atoms with E-state index in [0.717, 1.165) is 53.9 Å². The molecular weight excluding hydrogens is 823 g/mol. The summed E-state index contributed by atoms with van der Waals surface area (Å²) in [4.78, 5) is 48.1. The van der Waals surface area contributed by atoms with Crippen LogP contribution in [0.3, 0.4) is 0 Å². The number of anilines is 3. The quantitative estimate of drug-likeness (QED) is 0.112. The second kappa shape index (κ2) is 18.4. The molecule has 18 heteroatoms. The van der Waals surface area contributed by atoms with E-state index in [1.54, 1.807) is 29.2 Å². The summed E-state index contributed by atoms with van der Waals surface area (Å²) in [6, 6.07) is 22.2. The maximum Gasteiger partial charge on any atom is 0.418 e. The van der Waals surface area contributed by atoms with E-state index in [1.165, 1.54) is 42.4 Å². The largest absolute Gasteiger partial charge is 0.454 e. The van der Waals surface area contributed by atoms with Gasteiger partial charge in [0, 0.05) is 82.2 Å². The Kier molecular flexibility index (Phi) is 12.9. The molecule has 0 spiro atoms. The molecule has 0 aliphatic carbocycles. The molecule has 2 aliphatic rings. The van der Waals surface area contributed by atoms with Gasteiger partial charge < -0.3 is 34.6 Å². The number of carbonyl (C=O) groups is 3. The second-order valence-corrected chi connectivity index (χ2v) is 14.6. The van der Waals surface area contributed by atoms with Crippen molar-refractivity contribution in [1.82, 2.24) is 14.8 Å². The average Bonchev–Trinajstić information content (AvgIpc) is 3.72. The van der Waals surface area contributed by atoms with Crippen LogP contribution in [0.25, 0.3) is 0 Å². The standard InChI is InChI=1S/C44H40F6N6O6/c1-54(25-28-2-6-31(7-3-28)43(45,46)47)36-23-30(5-13-35(36)44(48,49)50)42(59)53-33-10-16-40(51-24-33)62-34-11-8-32(9-12-34)52-39(57)15-17-41(58)56-20-18-55(19-21-56)26-29-4-14-37-38(22-29)61-27-60-37/h2-14,16,22-24H,15,17-21,25-27H2,1H3,(H,52,57)(H,53,59). The molecule has 7 rings (SSSR count). The van der Waals surface area contributed by atoms with Crippen LogP contribution in [0.4, 0.5) is 43.4 Å². The van der Waals surface area contributed by atoms with Crippen LogP contribution in [-0.4, -0.2) is 72.5 Å². The summed E-state index contributed by atoms with van der Waals surface area (Å²) in [6.45, 7) is 3.36. The number of benzene rings is 4. The number of hydrogen-bond acceptors (Lipinski definition) is 9. The Hall–Kier alpha value is -6.82. The van der Waals surface area contributed by atoms with Crippen molar-refractivity contribution >= 4 is 34.8 Å². The Morgan fingerprint density at radius 2 is 1.44 bits per heavy atom. The first kappa shape index (κ1) is 43.3. The minimum absolute atomic E-state index is 0.0181. The molecule has 2 N–H and O–H groups in total. The van der Waals surface area contributed by atoms with Crippen molar-refractivity contribution in [3.63, 3.8) is 0 Å². The third-order valence-corrected chi connectivity index (χ3v) is 10.2. The van der Waals surface area contributed by atoms with E-state index < -0.39 is 29.4 Å². The monoisotopic (exact) mass is 862 g/mol. The fourth-order valence-corrected chi connectivity index (χ4v) is 6.89. The molecule has 5 aromatic rings. The molecule has 0 bridgehead atoms. The van der Waals surface area contributed by atoms with Gasteiger partial charge in [0.25, 0.3) is 5.91 Å². The highest BCUT2D eigenvalue weighted by molar-refractivity contribution is 6.05. The number of alkyl halides is 6. The first-order valence-electron chi connectivity index (χ1n) is 19.4. The second-order valence-electron chi connectivity index (χ2n) is 14.6. The fourth-order valence-electron chi connectivity index (χ4n) is 6.89. The van der Waals surface area contributed by atoms with Crippen LogP contribution in [0, 0.1) is 0 Å². The molecule has 2 aliphatic heterocycles. The van der Waals surface area contributed by atoms with Crippen molar-refractivity contribution in [3.05, 3.63) is 131 Å². The molecule has 0 radical (unpaired) electrons. The van der Waals surface area contributed by atoms with Gasteiger partial charge in [-0.3, -0.25) is 19.3 Å². The van der Waals surface area contributed by atoms with Crippen LogP contribution in [0.15, 0.2) is 103 Å². The SMILES string of the molecule is CN(Cc1ccc(C(F)(F)F)cc1)c1cc(C(=O)Nc2ccc(Oc3ccc(NC(=O)CCC(=O)N4CCN(Cc5ccc6c(c5)OCO6)CC4)cc3)nc2)ccc1C(F)(F)F. The molecule has 0 atom stereocenters. The lowest BCUT2D eigenvalue weighted by Crippen LogP contribution is -2.48. The lowest BCUT2D eigenvalue weighted by molar-refractivity contribution is -0.138. The minimum atomic E-state index is -4.77. The van der Waals surface area contributed by atoms with Gasteiger partial charge in [-0.25, -0.2) is 4.98 Å². The van der Waals surface area contributed by atoms with E-state index in [4.69, 9.17) is 14.2 Å². The Labute approximate surface area is 352 Å². The molecule has 3 amide bonds. The van der Waals surface area contributed by atoms with Gasteiger partial charge in [0.1, 0.15) is 5.75 Å². The topological polar surface area (TPSA) is 126 Å². The number of carbonyl (C=O) groups excluding carboxylic acids is 3. The van der Waals surface area contributed by atoms with Crippen molar-refractivity contribution in [1.29, 1.82) is 0 Å². The molecule has 324 valence electrons. The third kappa shape index (κ3) is 11.1. The minimum Gasteiger partial charge on any atom is -0.454 e. The van der Waals surface area contributed by atoms with Gasteiger partial charge in [-0.05, 0) is 83.9 Å². The van der Waals surface area contributed by atoms with Crippen molar-refractivity contribution in [3.8, 4) is 23.1 Å². The molecule has 3 heterocycles. The molecule has 1 saturated heterocycles. The lowest BCUT2D eigenvalue weighted by Gasteiger charge is -2.34. The number of nitrogens with zero attached hydrogens (tertiary/aromatic N) is 4. The Morgan fingerprint density at radius 3 is 2.11 bits per heavy atom. The predicted octanol–water partition coefficient (Wildman–Crippen LogP) is 8.59. The number of nitrogens with one attached hydrogen (secondary N) is 2. The summed E-state index contributed by atoms with van der Waals surface area (Å²) in [5, 5.41) is 5.36. The zero-order valence-corrected chi connectivity index (χ0v) is 33.2. The zero-order chi connectivity index (χ0) is 44.0. The molecular formula is C44H40F6N6O6. The maximum atomic E-state index is 13.9. The first-order valence-corrected chi connectivity index (χ1v) is 19.4. The van der Waals surface area contributed by atoms with Gasteiger partial charge in [-0.2, -0.15) is 26.3 Å². The fraction of sp³-hybridized carbons (Fsp3) is 0.273. The van der Waals surface area contributed by atoms with Crippen molar-refractivity contribution in [2.24, 2.45) is 0 Å². The summed E-state index contributed by atoms with van der Waals surface area (Å²) >= 11 is 0. The number of rotatable bonds is 13. The zero-order valence-electron chi connectivity index (χ0n) is 33.2. The summed E-state index contributed by atoms with van der Waals surface area (Å²) < 4.78 is 97.4. The molecule has 0 saturated carbocycles. The number of ether oxygens (including phenoxy) is 3. The van der Waals surface area contributed by atoms with Crippen LogP contribution in [0.1, 0.15) is 45.5 Å². The van der Waals surface area contributed by atoms with Gasteiger partial charge in [-0.15, -0.1) is 0 Å².